The van der Waals surface area contributed by atoms with Gasteiger partial charge in [0.15, 0.2) is 0 Å². The Morgan fingerprint density at radius 1 is 1.58 bits per heavy atom. The van der Waals surface area contributed by atoms with E-state index in [1.165, 1.54) is 0 Å². The molecule has 2 nitrogen and oxygen atoms in total. The number of allylic oxidation sites excluding steroid dienone is 1. The lowest BCUT2D eigenvalue weighted by molar-refractivity contribution is 0.0797. The Morgan fingerprint density at radius 3 is 2.92 bits per heavy atom. The van der Waals surface area contributed by atoms with Crippen molar-refractivity contribution in [3.63, 3.8) is 0 Å². The zero-order valence-corrected chi connectivity index (χ0v) is 8.01. The second-order valence-corrected chi connectivity index (χ2v) is 3.44. The molecule has 0 aromatic carbocycles. The largest absolute Gasteiger partial charge is 0.501 e. The molecule has 0 aromatic heterocycles. The molecule has 0 aromatic rings. The quantitative estimate of drug-likeness (QED) is 0.603. The van der Waals surface area contributed by atoms with E-state index in [1.807, 2.05) is 13.0 Å². The lowest BCUT2D eigenvalue weighted by Gasteiger charge is -2.24. The van der Waals surface area contributed by atoms with Gasteiger partial charge in [-0.05, 0) is 19.8 Å². The minimum absolute atomic E-state index is 0.291. The molecule has 1 rings (SSSR count). The van der Waals surface area contributed by atoms with Gasteiger partial charge < -0.3 is 9.47 Å². The Morgan fingerprint density at radius 2 is 2.42 bits per heavy atom. The van der Waals surface area contributed by atoms with Gasteiger partial charge in [0.25, 0.3) is 0 Å². The van der Waals surface area contributed by atoms with E-state index in [0.29, 0.717) is 5.41 Å². The maximum atomic E-state index is 5.40. The normalized spacial score (nSPS) is 29.8. The standard InChI is InChI=1S/C10H18O2/c1-3-6-11-8-10(4-2)5-7-12-9-10/h3,6H,4-5,7-9H2,1-2H3/b6-3+. The first-order valence-electron chi connectivity index (χ1n) is 4.63. The fourth-order valence-electron chi connectivity index (χ4n) is 1.47. The van der Waals surface area contributed by atoms with Gasteiger partial charge in [-0.15, -0.1) is 0 Å². The highest BCUT2D eigenvalue weighted by atomic mass is 16.5. The maximum absolute atomic E-state index is 5.40. The maximum Gasteiger partial charge on any atom is 0.0952 e. The van der Waals surface area contributed by atoms with Gasteiger partial charge in [-0.25, -0.2) is 0 Å². The van der Waals surface area contributed by atoms with Crippen molar-refractivity contribution in [2.24, 2.45) is 5.41 Å². The second-order valence-electron chi connectivity index (χ2n) is 3.44. The first-order chi connectivity index (χ1) is 5.83. The molecular formula is C10H18O2. The van der Waals surface area contributed by atoms with Gasteiger partial charge in [0.1, 0.15) is 0 Å². The number of hydrogen-bond acceptors (Lipinski definition) is 2. The van der Waals surface area contributed by atoms with E-state index in [9.17, 15) is 0 Å². The fraction of sp³-hybridized carbons (Fsp3) is 0.800. The fourth-order valence-corrected chi connectivity index (χ4v) is 1.47. The summed E-state index contributed by atoms with van der Waals surface area (Å²) in [7, 11) is 0. The third kappa shape index (κ3) is 2.24. The smallest absolute Gasteiger partial charge is 0.0952 e. The molecule has 0 N–H and O–H groups in total. The van der Waals surface area contributed by atoms with Crippen LogP contribution >= 0.6 is 0 Å². The van der Waals surface area contributed by atoms with E-state index in [2.05, 4.69) is 6.92 Å². The monoisotopic (exact) mass is 170 g/mol. The Balaban J connectivity index is 2.33. The highest BCUT2D eigenvalue weighted by molar-refractivity contribution is 4.82. The number of ether oxygens (including phenoxy) is 2. The Hall–Kier alpha value is -0.500. The van der Waals surface area contributed by atoms with Gasteiger partial charge in [-0.3, -0.25) is 0 Å². The van der Waals surface area contributed by atoms with Gasteiger partial charge in [0, 0.05) is 12.0 Å². The van der Waals surface area contributed by atoms with Crippen molar-refractivity contribution in [2.45, 2.75) is 26.7 Å². The molecule has 0 saturated carbocycles. The molecule has 1 aliphatic rings. The van der Waals surface area contributed by atoms with Crippen LogP contribution in [0.2, 0.25) is 0 Å². The van der Waals surface area contributed by atoms with Gasteiger partial charge in [-0.1, -0.05) is 13.0 Å². The van der Waals surface area contributed by atoms with Crippen LogP contribution in [0.5, 0.6) is 0 Å². The van der Waals surface area contributed by atoms with Crippen molar-refractivity contribution in [3.8, 4) is 0 Å². The van der Waals surface area contributed by atoms with Gasteiger partial charge >= 0.3 is 0 Å². The zero-order valence-electron chi connectivity index (χ0n) is 8.01. The first kappa shape index (κ1) is 9.59. The number of hydrogen-bond donors (Lipinski definition) is 0. The molecule has 70 valence electrons. The van der Waals surface area contributed by atoms with Crippen molar-refractivity contribution in [1.29, 1.82) is 0 Å². The molecule has 0 amide bonds. The minimum atomic E-state index is 0.291. The van der Waals surface area contributed by atoms with Crippen molar-refractivity contribution in [3.05, 3.63) is 12.3 Å². The summed E-state index contributed by atoms with van der Waals surface area (Å²) in [6.45, 7) is 6.72. The van der Waals surface area contributed by atoms with E-state index < -0.39 is 0 Å². The van der Waals surface area contributed by atoms with Crippen LogP contribution in [-0.4, -0.2) is 19.8 Å². The lowest BCUT2D eigenvalue weighted by Crippen LogP contribution is -2.25. The molecule has 0 spiro atoms. The summed E-state index contributed by atoms with van der Waals surface area (Å²) in [5.74, 6) is 0. The van der Waals surface area contributed by atoms with Gasteiger partial charge in [-0.2, -0.15) is 0 Å². The van der Waals surface area contributed by atoms with Crippen LogP contribution in [0.1, 0.15) is 26.7 Å². The summed E-state index contributed by atoms with van der Waals surface area (Å²) in [6, 6.07) is 0. The highest BCUT2D eigenvalue weighted by Crippen LogP contribution is 2.32. The molecule has 1 heterocycles. The van der Waals surface area contributed by atoms with E-state index in [1.54, 1.807) is 6.26 Å². The molecule has 12 heavy (non-hydrogen) atoms. The lowest BCUT2D eigenvalue weighted by atomic mass is 9.86. The first-order valence-corrected chi connectivity index (χ1v) is 4.63. The Kier molecular flexibility index (Phi) is 3.60. The molecule has 1 atom stereocenters. The molecule has 1 saturated heterocycles. The van der Waals surface area contributed by atoms with Crippen LogP contribution < -0.4 is 0 Å². The summed E-state index contributed by atoms with van der Waals surface area (Å²) in [5, 5.41) is 0. The van der Waals surface area contributed by atoms with Crippen LogP contribution in [0.3, 0.4) is 0 Å². The predicted molar refractivity (Wildman–Crippen MR) is 48.9 cm³/mol. The van der Waals surface area contributed by atoms with Crippen LogP contribution in [-0.2, 0) is 9.47 Å². The van der Waals surface area contributed by atoms with Crippen molar-refractivity contribution in [2.75, 3.05) is 19.8 Å². The van der Waals surface area contributed by atoms with Gasteiger partial charge in [0.2, 0.25) is 0 Å². The summed E-state index contributed by atoms with van der Waals surface area (Å²) in [6.07, 6.45) is 5.96. The van der Waals surface area contributed by atoms with Crippen molar-refractivity contribution < 1.29 is 9.47 Å². The van der Waals surface area contributed by atoms with Gasteiger partial charge in [0.05, 0.1) is 19.5 Å². The molecule has 1 aliphatic heterocycles. The SMILES string of the molecule is C/C=C/OCC1(CC)CCOC1. The molecule has 1 fully saturated rings. The zero-order chi connectivity index (χ0) is 8.86. The summed E-state index contributed by atoms with van der Waals surface area (Å²) >= 11 is 0. The third-order valence-electron chi connectivity index (χ3n) is 2.56. The van der Waals surface area contributed by atoms with Crippen LogP contribution in [0, 0.1) is 5.41 Å². The molecule has 2 heteroatoms. The van der Waals surface area contributed by atoms with Crippen LogP contribution in [0.25, 0.3) is 0 Å². The topological polar surface area (TPSA) is 18.5 Å². The average Bonchev–Trinajstić information content (AvgIpc) is 2.55. The molecule has 0 bridgehead atoms. The molecular weight excluding hydrogens is 152 g/mol. The molecule has 0 aliphatic carbocycles. The molecule has 1 unspecified atom stereocenters. The average molecular weight is 170 g/mol. The summed E-state index contributed by atoms with van der Waals surface area (Å²) < 4.78 is 10.8. The third-order valence-corrected chi connectivity index (χ3v) is 2.56. The van der Waals surface area contributed by atoms with E-state index in [-0.39, 0.29) is 0 Å². The Labute approximate surface area is 74.6 Å². The highest BCUT2D eigenvalue weighted by Gasteiger charge is 2.33. The Bertz CT molecular complexity index is 146. The van der Waals surface area contributed by atoms with Crippen molar-refractivity contribution in [1.82, 2.24) is 0 Å². The second kappa shape index (κ2) is 4.51. The summed E-state index contributed by atoms with van der Waals surface area (Å²) in [4.78, 5) is 0. The van der Waals surface area contributed by atoms with Crippen molar-refractivity contribution >= 4 is 0 Å². The minimum Gasteiger partial charge on any atom is -0.501 e. The van der Waals surface area contributed by atoms with E-state index in [0.717, 1.165) is 32.7 Å². The van der Waals surface area contributed by atoms with E-state index >= 15 is 0 Å². The molecule has 0 radical (unpaired) electrons. The predicted octanol–water partition coefficient (Wildman–Crippen LogP) is 2.35. The van der Waals surface area contributed by atoms with Crippen LogP contribution in [0.4, 0.5) is 0 Å². The summed E-state index contributed by atoms with van der Waals surface area (Å²) in [5.41, 5.74) is 0.291. The number of rotatable bonds is 4. The van der Waals surface area contributed by atoms with E-state index in [4.69, 9.17) is 9.47 Å². The van der Waals surface area contributed by atoms with Crippen LogP contribution in [0.15, 0.2) is 12.3 Å².